The number of pyridine rings is 1. The van der Waals surface area contributed by atoms with Gasteiger partial charge in [-0.05, 0) is 54.8 Å². The molecule has 2 aromatic heterocycles. The van der Waals surface area contributed by atoms with Crippen LogP contribution in [0.2, 0.25) is 0 Å². The van der Waals surface area contributed by atoms with Gasteiger partial charge in [0.15, 0.2) is 0 Å². The van der Waals surface area contributed by atoms with Gasteiger partial charge in [0.05, 0.1) is 17.1 Å². The van der Waals surface area contributed by atoms with Gasteiger partial charge in [0.1, 0.15) is 0 Å². The lowest BCUT2D eigenvalue weighted by atomic mass is 9.83. The van der Waals surface area contributed by atoms with E-state index in [1.54, 1.807) is 11.3 Å². The summed E-state index contributed by atoms with van der Waals surface area (Å²) in [4.78, 5) is 19.5. The molecular formula is C21H26N4O2S. The van der Waals surface area contributed by atoms with Crippen LogP contribution in [0.3, 0.4) is 0 Å². The van der Waals surface area contributed by atoms with Crippen molar-refractivity contribution in [3.63, 3.8) is 0 Å². The van der Waals surface area contributed by atoms with Crippen molar-refractivity contribution >= 4 is 17.2 Å². The van der Waals surface area contributed by atoms with E-state index in [2.05, 4.69) is 33.1 Å². The van der Waals surface area contributed by atoms with Gasteiger partial charge in [0.25, 0.3) is 5.91 Å². The second-order valence-corrected chi connectivity index (χ2v) is 8.99. The summed E-state index contributed by atoms with van der Waals surface area (Å²) in [5.41, 5.74) is 4.53. The van der Waals surface area contributed by atoms with Crippen LogP contribution in [0, 0.1) is 0 Å². The largest absolute Gasteiger partial charge is 0.370 e. The molecule has 0 bridgehead atoms. The standard InChI is InChI=1S/C21H26N4O2S/c26-20(25-12-14-9-15-13-23-5-1-17(15)24-11-14)19-10-16-18(28-19)2-8-27-21(16)3-6-22-7-4-21/h9-11,22-23H,1-8,12-13H2,(H,25,26). The Morgan fingerprint density at radius 3 is 3.00 bits per heavy atom. The molecule has 2 aromatic rings. The van der Waals surface area contributed by atoms with Crippen LogP contribution >= 0.6 is 11.3 Å². The van der Waals surface area contributed by atoms with E-state index in [0.717, 1.165) is 68.9 Å². The first-order valence-corrected chi connectivity index (χ1v) is 11.0. The molecule has 1 amide bonds. The first-order chi connectivity index (χ1) is 13.7. The van der Waals surface area contributed by atoms with Crippen molar-refractivity contribution in [3.8, 4) is 0 Å². The highest BCUT2D eigenvalue weighted by atomic mass is 32.1. The summed E-state index contributed by atoms with van der Waals surface area (Å²) in [5, 5.41) is 9.86. The number of nitrogens with one attached hydrogen (secondary N) is 3. The molecule has 0 aromatic carbocycles. The van der Waals surface area contributed by atoms with Gasteiger partial charge in [0, 0.05) is 49.2 Å². The highest BCUT2D eigenvalue weighted by molar-refractivity contribution is 7.14. The summed E-state index contributed by atoms with van der Waals surface area (Å²) in [6, 6.07) is 4.24. The number of piperidine rings is 1. The Hall–Kier alpha value is -1.80. The fourth-order valence-corrected chi connectivity index (χ4v) is 5.68. The van der Waals surface area contributed by atoms with Gasteiger partial charge >= 0.3 is 0 Å². The third-order valence-corrected chi connectivity index (χ3v) is 7.26. The van der Waals surface area contributed by atoms with Crippen LogP contribution < -0.4 is 16.0 Å². The van der Waals surface area contributed by atoms with Gasteiger partial charge in [-0.3, -0.25) is 9.78 Å². The summed E-state index contributed by atoms with van der Waals surface area (Å²) in [7, 11) is 0. The SMILES string of the molecule is O=C(NCc1cnc2c(c1)CNCC2)c1cc2c(s1)CCOC21CCNCC1. The Labute approximate surface area is 169 Å². The Kier molecular flexibility index (Phi) is 4.92. The number of aromatic nitrogens is 1. The molecule has 5 heterocycles. The maximum Gasteiger partial charge on any atom is 0.261 e. The zero-order valence-corrected chi connectivity index (χ0v) is 16.8. The number of carbonyl (C=O) groups excluding carboxylic acids is 1. The fourth-order valence-electron chi connectivity index (χ4n) is 4.54. The second kappa shape index (κ2) is 7.55. The van der Waals surface area contributed by atoms with Crippen LogP contribution in [-0.2, 0) is 36.3 Å². The van der Waals surface area contributed by atoms with E-state index in [1.165, 1.54) is 21.7 Å². The van der Waals surface area contributed by atoms with Gasteiger partial charge in [-0.25, -0.2) is 0 Å². The molecule has 0 atom stereocenters. The van der Waals surface area contributed by atoms with E-state index in [0.29, 0.717) is 6.54 Å². The summed E-state index contributed by atoms with van der Waals surface area (Å²) >= 11 is 1.63. The number of thiophene rings is 1. The number of fused-ring (bicyclic) bond motifs is 3. The van der Waals surface area contributed by atoms with E-state index in [9.17, 15) is 4.79 Å². The van der Waals surface area contributed by atoms with Crippen LogP contribution in [0.4, 0.5) is 0 Å². The zero-order valence-electron chi connectivity index (χ0n) is 16.0. The lowest BCUT2D eigenvalue weighted by Crippen LogP contribution is -2.44. The van der Waals surface area contributed by atoms with Crippen molar-refractivity contribution in [2.45, 2.75) is 44.4 Å². The Balaban J connectivity index is 1.30. The molecule has 3 N–H and O–H groups in total. The quantitative estimate of drug-likeness (QED) is 0.736. The predicted octanol–water partition coefficient (Wildman–Crippen LogP) is 1.87. The van der Waals surface area contributed by atoms with Crippen LogP contribution in [0.1, 0.15) is 49.8 Å². The van der Waals surface area contributed by atoms with E-state index in [4.69, 9.17) is 4.74 Å². The Morgan fingerprint density at radius 2 is 2.11 bits per heavy atom. The maximum atomic E-state index is 12.8. The van der Waals surface area contributed by atoms with Crippen LogP contribution in [0.25, 0.3) is 0 Å². The monoisotopic (exact) mass is 398 g/mol. The fraction of sp³-hybridized carbons (Fsp3) is 0.524. The number of carbonyl (C=O) groups is 1. The van der Waals surface area contributed by atoms with Crippen molar-refractivity contribution in [1.82, 2.24) is 20.9 Å². The van der Waals surface area contributed by atoms with Crippen molar-refractivity contribution < 1.29 is 9.53 Å². The second-order valence-electron chi connectivity index (χ2n) is 7.85. The summed E-state index contributed by atoms with van der Waals surface area (Å²) in [6.45, 7) is 5.05. The molecule has 0 unspecified atom stereocenters. The first-order valence-electron chi connectivity index (χ1n) is 10.2. The summed E-state index contributed by atoms with van der Waals surface area (Å²) in [6.07, 6.45) is 5.73. The molecule has 3 aliphatic heterocycles. The number of hydrogen-bond acceptors (Lipinski definition) is 6. The summed E-state index contributed by atoms with van der Waals surface area (Å²) in [5.74, 6) is -0.000620. The van der Waals surface area contributed by atoms with Crippen LogP contribution in [0.5, 0.6) is 0 Å². The van der Waals surface area contributed by atoms with E-state index >= 15 is 0 Å². The lowest BCUT2D eigenvalue weighted by Gasteiger charge is -2.40. The summed E-state index contributed by atoms with van der Waals surface area (Å²) < 4.78 is 6.23. The van der Waals surface area contributed by atoms with Crippen LogP contribution in [-0.4, -0.2) is 37.1 Å². The zero-order chi connectivity index (χ0) is 19.0. The minimum absolute atomic E-state index is 0.000620. The first kappa shape index (κ1) is 18.2. The number of rotatable bonds is 3. The lowest BCUT2D eigenvalue weighted by molar-refractivity contribution is -0.0792. The van der Waals surface area contributed by atoms with Gasteiger partial charge in [-0.2, -0.15) is 0 Å². The van der Waals surface area contributed by atoms with Crippen LogP contribution in [0.15, 0.2) is 18.3 Å². The topological polar surface area (TPSA) is 75.3 Å². The number of amides is 1. The molecule has 1 saturated heterocycles. The van der Waals surface area contributed by atoms with Crippen molar-refractivity contribution in [2.75, 3.05) is 26.2 Å². The van der Waals surface area contributed by atoms with Crippen molar-refractivity contribution in [3.05, 3.63) is 50.5 Å². The minimum atomic E-state index is -0.191. The molecule has 148 valence electrons. The molecule has 5 rings (SSSR count). The molecule has 3 aliphatic rings. The minimum Gasteiger partial charge on any atom is -0.370 e. The molecule has 1 spiro atoms. The molecule has 0 aliphatic carbocycles. The Bertz CT molecular complexity index is 889. The van der Waals surface area contributed by atoms with E-state index in [-0.39, 0.29) is 11.5 Å². The molecule has 0 radical (unpaired) electrons. The molecule has 28 heavy (non-hydrogen) atoms. The van der Waals surface area contributed by atoms with Gasteiger partial charge in [-0.1, -0.05) is 0 Å². The third kappa shape index (κ3) is 3.37. The number of nitrogens with zero attached hydrogens (tertiary/aromatic N) is 1. The molecule has 0 saturated carbocycles. The van der Waals surface area contributed by atoms with Gasteiger partial charge < -0.3 is 20.7 Å². The van der Waals surface area contributed by atoms with Gasteiger partial charge in [-0.15, -0.1) is 11.3 Å². The van der Waals surface area contributed by atoms with Crippen molar-refractivity contribution in [1.29, 1.82) is 0 Å². The average Bonchev–Trinajstić information content (AvgIpc) is 3.19. The smallest absolute Gasteiger partial charge is 0.261 e. The van der Waals surface area contributed by atoms with E-state index in [1.807, 2.05) is 6.20 Å². The number of ether oxygens (including phenoxy) is 1. The van der Waals surface area contributed by atoms with Gasteiger partial charge in [0.2, 0.25) is 0 Å². The van der Waals surface area contributed by atoms with E-state index < -0.39 is 0 Å². The van der Waals surface area contributed by atoms with Crippen molar-refractivity contribution in [2.24, 2.45) is 0 Å². The highest BCUT2D eigenvalue weighted by Gasteiger charge is 2.40. The molecule has 1 fully saturated rings. The highest BCUT2D eigenvalue weighted by Crippen LogP contribution is 2.43. The average molecular weight is 399 g/mol. The maximum absolute atomic E-state index is 12.8. The molecule has 6 nitrogen and oxygen atoms in total. The third-order valence-electron chi connectivity index (χ3n) is 6.07. The molecular weight excluding hydrogens is 372 g/mol. The number of hydrogen-bond donors (Lipinski definition) is 3. The normalized spacial score (nSPS) is 20.4. The Morgan fingerprint density at radius 1 is 1.21 bits per heavy atom. The predicted molar refractivity (Wildman–Crippen MR) is 109 cm³/mol. The molecule has 7 heteroatoms.